The maximum absolute atomic E-state index is 8.56. The van der Waals surface area contributed by atoms with Crippen LogP contribution in [0.2, 0.25) is 0 Å². The van der Waals surface area contributed by atoms with Gasteiger partial charge in [-0.2, -0.15) is 0 Å². The fourth-order valence-electron chi connectivity index (χ4n) is 2.11. The topological polar surface area (TPSA) is 96.9 Å². The van der Waals surface area contributed by atoms with Gasteiger partial charge >= 0.3 is 0 Å². The number of ether oxygens (including phenoxy) is 1. The summed E-state index contributed by atoms with van der Waals surface area (Å²) >= 11 is 0. The number of amidine groups is 1. The first-order valence-corrected chi connectivity index (χ1v) is 6.29. The molecule has 0 unspecified atom stereocenters. The van der Waals surface area contributed by atoms with Crippen molar-refractivity contribution in [1.29, 1.82) is 0 Å². The number of oxime groups is 1. The minimum atomic E-state index is -0.0360. The Hall–Kier alpha value is -1.89. The van der Waals surface area contributed by atoms with E-state index in [2.05, 4.69) is 20.0 Å². The van der Waals surface area contributed by atoms with Crippen molar-refractivity contribution >= 4 is 11.7 Å². The van der Waals surface area contributed by atoms with Crippen molar-refractivity contribution in [3.8, 4) is 0 Å². The molecule has 0 bridgehead atoms. The molecule has 1 saturated heterocycles. The highest BCUT2D eigenvalue weighted by Crippen LogP contribution is 2.18. The monoisotopic (exact) mass is 265 g/mol. The van der Waals surface area contributed by atoms with Crippen LogP contribution in [0.15, 0.2) is 17.5 Å². The molecular weight excluding hydrogens is 246 g/mol. The first kappa shape index (κ1) is 13.5. The first-order chi connectivity index (χ1) is 9.20. The van der Waals surface area contributed by atoms with Gasteiger partial charge in [0, 0.05) is 26.8 Å². The molecule has 0 spiro atoms. The standard InChI is InChI=1S/C12H19N5O2/c1-17(8-9-2-4-19-5-3-9)11-7-14-10(6-15-11)12(13)16-18/h6-7,9,18H,2-5,8H2,1H3,(H2,13,16). The summed E-state index contributed by atoms with van der Waals surface area (Å²) in [5.41, 5.74) is 5.81. The zero-order valence-electron chi connectivity index (χ0n) is 11.0. The van der Waals surface area contributed by atoms with E-state index in [1.807, 2.05) is 7.05 Å². The molecule has 7 nitrogen and oxygen atoms in total. The lowest BCUT2D eigenvalue weighted by molar-refractivity contribution is 0.0685. The van der Waals surface area contributed by atoms with E-state index >= 15 is 0 Å². The van der Waals surface area contributed by atoms with E-state index in [9.17, 15) is 0 Å². The van der Waals surface area contributed by atoms with Gasteiger partial charge in [-0.1, -0.05) is 5.16 Å². The van der Waals surface area contributed by atoms with Crippen LogP contribution in [0.25, 0.3) is 0 Å². The van der Waals surface area contributed by atoms with Crippen LogP contribution in [-0.2, 0) is 4.74 Å². The van der Waals surface area contributed by atoms with Crippen LogP contribution in [0, 0.1) is 5.92 Å². The van der Waals surface area contributed by atoms with Crippen molar-refractivity contribution in [2.45, 2.75) is 12.8 Å². The van der Waals surface area contributed by atoms with Crippen molar-refractivity contribution in [2.75, 3.05) is 31.7 Å². The van der Waals surface area contributed by atoms with Crippen molar-refractivity contribution < 1.29 is 9.94 Å². The summed E-state index contributed by atoms with van der Waals surface area (Å²) < 4.78 is 5.34. The van der Waals surface area contributed by atoms with Crippen LogP contribution >= 0.6 is 0 Å². The molecule has 2 heterocycles. The maximum atomic E-state index is 8.56. The van der Waals surface area contributed by atoms with E-state index in [1.54, 1.807) is 6.20 Å². The van der Waals surface area contributed by atoms with Crippen LogP contribution in [-0.4, -0.2) is 47.8 Å². The molecule has 1 aromatic heterocycles. The largest absolute Gasteiger partial charge is 0.409 e. The summed E-state index contributed by atoms with van der Waals surface area (Å²) in [5, 5.41) is 11.4. The summed E-state index contributed by atoms with van der Waals surface area (Å²) in [6, 6.07) is 0. The fraction of sp³-hybridized carbons (Fsp3) is 0.583. The highest BCUT2D eigenvalue weighted by atomic mass is 16.5. The average Bonchev–Trinajstić information content (AvgIpc) is 2.47. The Bertz CT molecular complexity index is 428. The van der Waals surface area contributed by atoms with Crippen LogP contribution in [0.5, 0.6) is 0 Å². The smallest absolute Gasteiger partial charge is 0.190 e. The third-order valence-corrected chi connectivity index (χ3v) is 3.27. The molecule has 0 saturated carbocycles. The highest BCUT2D eigenvalue weighted by molar-refractivity contribution is 5.94. The molecule has 1 aliphatic heterocycles. The van der Waals surface area contributed by atoms with Crippen LogP contribution < -0.4 is 10.6 Å². The van der Waals surface area contributed by atoms with Gasteiger partial charge in [0.25, 0.3) is 0 Å². The molecule has 0 radical (unpaired) electrons. The lowest BCUT2D eigenvalue weighted by Gasteiger charge is -2.27. The predicted molar refractivity (Wildman–Crippen MR) is 71.4 cm³/mol. The summed E-state index contributed by atoms with van der Waals surface area (Å²) in [6.45, 7) is 2.61. The van der Waals surface area contributed by atoms with E-state index in [0.29, 0.717) is 11.6 Å². The summed E-state index contributed by atoms with van der Waals surface area (Å²) in [6.07, 6.45) is 5.30. The van der Waals surface area contributed by atoms with Gasteiger partial charge in [0.05, 0.1) is 12.4 Å². The molecule has 19 heavy (non-hydrogen) atoms. The zero-order valence-corrected chi connectivity index (χ0v) is 11.0. The van der Waals surface area contributed by atoms with E-state index in [0.717, 1.165) is 38.4 Å². The number of rotatable bonds is 4. The second-order valence-electron chi connectivity index (χ2n) is 4.68. The maximum Gasteiger partial charge on any atom is 0.190 e. The molecule has 1 fully saturated rings. The SMILES string of the molecule is CN(CC1CCOCC1)c1cnc(C(N)=NO)cn1. The number of nitrogens with two attached hydrogens (primary N) is 1. The van der Waals surface area contributed by atoms with E-state index in [4.69, 9.17) is 15.7 Å². The Balaban J connectivity index is 1.96. The van der Waals surface area contributed by atoms with Gasteiger partial charge in [-0.15, -0.1) is 0 Å². The molecule has 0 amide bonds. The van der Waals surface area contributed by atoms with Gasteiger partial charge in [0.15, 0.2) is 5.84 Å². The van der Waals surface area contributed by atoms with Gasteiger partial charge in [-0.25, -0.2) is 9.97 Å². The number of hydrogen-bond donors (Lipinski definition) is 2. The van der Waals surface area contributed by atoms with Crippen molar-refractivity contribution in [2.24, 2.45) is 16.8 Å². The third-order valence-electron chi connectivity index (χ3n) is 3.27. The van der Waals surface area contributed by atoms with Gasteiger partial charge in [0.2, 0.25) is 0 Å². The van der Waals surface area contributed by atoms with E-state index in [1.165, 1.54) is 6.20 Å². The highest BCUT2D eigenvalue weighted by Gasteiger charge is 2.16. The van der Waals surface area contributed by atoms with Gasteiger partial charge < -0.3 is 20.6 Å². The Morgan fingerprint density at radius 3 is 2.79 bits per heavy atom. The predicted octanol–water partition coefficient (Wildman–Crippen LogP) is 0.434. The van der Waals surface area contributed by atoms with E-state index in [-0.39, 0.29) is 5.84 Å². The van der Waals surface area contributed by atoms with Crippen molar-refractivity contribution in [3.63, 3.8) is 0 Å². The summed E-state index contributed by atoms with van der Waals surface area (Å²) in [5.74, 6) is 1.37. The van der Waals surface area contributed by atoms with Crippen molar-refractivity contribution in [1.82, 2.24) is 9.97 Å². The van der Waals surface area contributed by atoms with E-state index < -0.39 is 0 Å². The minimum absolute atomic E-state index is 0.0360. The Kier molecular flexibility index (Phi) is 4.51. The molecule has 0 aliphatic carbocycles. The number of aromatic nitrogens is 2. The normalized spacial score (nSPS) is 17.4. The minimum Gasteiger partial charge on any atom is -0.409 e. The van der Waals surface area contributed by atoms with Gasteiger partial charge in [-0.05, 0) is 18.8 Å². The van der Waals surface area contributed by atoms with Crippen molar-refractivity contribution in [3.05, 3.63) is 18.1 Å². The Morgan fingerprint density at radius 1 is 1.47 bits per heavy atom. The summed E-state index contributed by atoms with van der Waals surface area (Å²) in [4.78, 5) is 10.5. The molecule has 1 aliphatic rings. The molecule has 2 rings (SSSR count). The lowest BCUT2D eigenvalue weighted by Crippen LogP contribution is -2.30. The molecule has 7 heteroatoms. The Labute approximate surface area is 112 Å². The number of nitrogens with zero attached hydrogens (tertiary/aromatic N) is 4. The molecular formula is C12H19N5O2. The molecule has 1 aromatic rings. The average molecular weight is 265 g/mol. The zero-order chi connectivity index (χ0) is 13.7. The third kappa shape index (κ3) is 3.54. The van der Waals surface area contributed by atoms with Crippen LogP contribution in [0.1, 0.15) is 18.5 Å². The number of anilines is 1. The Morgan fingerprint density at radius 2 is 2.21 bits per heavy atom. The first-order valence-electron chi connectivity index (χ1n) is 6.29. The quantitative estimate of drug-likeness (QED) is 0.355. The van der Waals surface area contributed by atoms with Crippen LogP contribution in [0.3, 0.4) is 0 Å². The van der Waals surface area contributed by atoms with Gasteiger partial charge in [0.1, 0.15) is 11.5 Å². The van der Waals surface area contributed by atoms with Gasteiger partial charge in [-0.3, -0.25) is 0 Å². The lowest BCUT2D eigenvalue weighted by atomic mass is 10.00. The molecule has 104 valence electrons. The fourth-order valence-corrected chi connectivity index (χ4v) is 2.11. The number of hydrogen-bond acceptors (Lipinski definition) is 6. The molecule has 0 aromatic carbocycles. The molecule has 3 N–H and O–H groups in total. The van der Waals surface area contributed by atoms with Crippen LogP contribution in [0.4, 0.5) is 5.82 Å². The second kappa shape index (κ2) is 6.33. The second-order valence-corrected chi connectivity index (χ2v) is 4.68. The molecule has 0 atom stereocenters. The summed E-state index contributed by atoms with van der Waals surface area (Å²) in [7, 11) is 1.99.